The smallest absolute Gasteiger partial charge is 0.307 e. The lowest BCUT2D eigenvalue weighted by molar-refractivity contribution is -0.141. The number of benzene rings is 1. The van der Waals surface area contributed by atoms with Crippen molar-refractivity contribution in [3.05, 3.63) is 18.2 Å². The van der Waals surface area contributed by atoms with E-state index in [1.54, 1.807) is 0 Å². The second kappa shape index (κ2) is 8.19. The van der Waals surface area contributed by atoms with E-state index in [9.17, 15) is 18.3 Å². The molecule has 0 aliphatic rings. The molecule has 1 N–H and O–H groups in total. The lowest BCUT2D eigenvalue weighted by Crippen LogP contribution is -2.33. The Balaban J connectivity index is 3.31. The number of ether oxygens (including phenoxy) is 2. The number of carboxylic acid groups (broad SMARTS) is 1. The van der Waals surface area contributed by atoms with E-state index >= 15 is 0 Å². The minimum Gasteiger partial charge on any atom is -0.493 e. The minimum atomic E-state index is -3.79. The maximum Gasteiger partial charge on any atom is 0.307 e. The molecule has 0 aliphatic carbocycles. The Labute approximate surface area is 137 Å². The lowest BCUT2D eigenvalue weighted by atomic mass is 10.0. The van der Waals surface area contributed by atoms with E-state index < -0.39 is 27.0 Å². The van der Waals surface area contributed by atoms with Gasteiger partial charge in [0.15, 0.2) is 21.3 Å². The van der Waals surface area contributed by atoms with Crippen molar-refractivity contribution in [2.24, 2.45) is 5.92 Å². The first-order valence-electron chi connectivity index (χ1n) is 7.48. The van der Waals surface area contributed by atoms with Crippen molar-refractivity contribution in [1.82, 2.24) is 0 Å². The van der Waals surface area contributed by atoms with Gasteiger partial charge in [0.05, 0.1) is 30.3 Å². The molecule has 1 aromatic carbocycles. The lowest BCUT2D eigenvalue weighted by Gasteiger charge is -2.21. The van der Waals surface area contributed by atoms with Crippen LogP contribution in [0.4, 0.5) is 0 Å². The first-order valence-corrected chi connectivity index (χ1v) is 9.02. The summed E-state index contributed by atoms with van der Waals surface area (Å²) in [7, 11) is -0.911. The zero-order valence-corrected chi connectivity index (χ0v) is 14.7. The summed E-state index contributed by atoms with van der Waals surface area (Å²) in [4.78, 5) is 11.3. The summed E-state index contributed by atoms with van der Waals surface area (Å²) in [6, 6.07) is 4.31. The average Bonchev–Trinajstić information content (AvgIpc) is 2.53. The first-order chi connectivity index (χ1) is 10.8. The fourth-order valence-electron chi connectivity index (χ4n) is 2.41. The van der Waals surface area contributed by atoms with Crippen molar-refractivity contribution in [3.63, 3.8) is 0 Å². The normalized spacial score (nSPS) is 14.1. The van der Waals surface area contributed by atoms with Gasteiger partial charge in [-0.3, -0.25) is 4.79 Å². The molecule has 0 radical (unpaired) electrons. The molecule has 7 heteroatoms. The van der Waals surface area contributed by atoms with Gasteiger partial charge in [0.2, 0.25) is 0 Å². The quantitative estimate of drug-likeness (QED) is 0.741. The fourth-order valence-corrected chi connectivity index (χ4v) is 4.42. The van der Waals surface area contributed by atoms with Gasteiger partial charge in [0.25, 0.3) is 0 Å². The minimum absolute atomic E-state index is 0.0457. The molecule has 0 saturated carbocycles. The van der Waals surface area contributed by atoms with Crippen molar-refractivity contribution in [1.29, 1.82) is 0 Å². The van der Waals surface area contributed by atoms with Crippen LogP contribution < -0.4 is 9.47 Å². The summed E-state index contributed by atoms with van der Waals surface area (Å²) in [6.45, 7) is 3.37. The maximum atomic E-state index is 12.9. The molecule has 1 aromatic rings. The molecule has 0 unspecified atom stereocenters. The van der Waals surface area contributed by atoms with Crippen molar-refractivity contribution < 1.29 is 27.8 Å². The second-order valence-corrected chi connectivity index (χ2v) is 7.54. The standard InChI is InChI=1S/C16H24O6S/c1-5-6-7-15(11(2)16(17)18)23(19,20)12-8-9-13(21-3)14(10-12)22-4/h8-11,15H,5-7H2,1-4H3,(H,17,18)/t11-,15+/m1/s1. The van der Waals surface area contributed by atoms with Gasteiger partial charge in [-0.15, -0.1) is 0 Å². The molecule has 0 amide bonds. The number of carboxylic acids is 1. The zero-order valence-electron chi connectivity index (χ0n) is 13.9. The molecule has 0 fully saturated rings. The van der Waals surface area contributed by atoms with E-state index in [0.717, 1.165) is 6.42 Å². The Morgan fingerprint density at radius 2 is 1.83 bits per heavy atom. The van der Waals surface area contributed by atoms with Crippen LogP contribution in [0.5, 0.6) is 11.5 Å². The number of unbranched alkanes of at least 4 members (excludes halogenated alkanes) is 1. The Morgan fingerprint density at radius 1 is 1.22 bits per heavy atom. The molecular weight excluding hydrogens is 320 g/mol. The van der Waals surface area contributed by atoms with Gasteiger partial charge >= 0.3 is 5.97 Å². The third-order valence-electron chi connectivity index (χ3n) is 3.87. The monoisotopic (exact) mass is 344 g/mol. The van der Waals surface area contributed by atoms with Crippen LogP contribution in [0, 0.1) is 5.92 Å². The number of hydrogen-bond donors (Lipinski definition) is 1. The van der Waals surface area contributed by atoms with E-state index in [2.05, 4.69) is 0 Å². The highest BCUT2D eigenvalue weighted by Gasteiger charge is 2.36. The number of sulfone groups is 1. The first kappa shape index (κ1) is 19.3. The molecular formula is C16H24O6S. The highest BCUT2D eigenvalue weighted by molar-refractivity contribution is 7.92. The molecule has 0 spiro atoms. The molecule has 130 valence electrons. The summed E-state index contributed by atoms with van der Waals surface area (Å²) < 4.78 is 36.0. The van der Waals surface area contributed by atoms with Crippen molar-refractivity contribution in [3.8, 4) is 11.5 Å². The molecule has 0 aromatic heterocycles. The topological polar surface area (TPSA) is 89.9 Å². The third kappa shape index (κ3) is 4.37. The molecule has 0 heterocycles. The van der Waals surface area contributed by atoms with Crippen LogP contribution >= 0.6 is 0 Å². The molecule has 6 nitrogen and oxygen atoms in total. The van der Waals surface area contributed by atoms with Crippen LogP contribution in [0.1, 0.15) is 33.1 Å². The Kier molecular flexibility index (Phi) is 6.87. The van der Waals surface area contributed by atoms with E-state index in [1.807, 2.05) is 6.92 Å². The Morgan fingerprint density at radius 3 is 2.30 bits per heavy atom. The number of hydrogen-bond acceptors (Lipinski definition) is 5. The van der Waals surface area contributed by atoms with Gasteiger partial charge < -0.3 is 14.6 Å². The molecule has 1 rings (SSSR count). The molecule has 0 bridgehead atoms. The van der Waals surface area contributed by atoms with Gasteiger partial charge in [0, 0.05) is 6.07 Å². The summed E-state index contributed by atoms with van der Waals surface area (Å²) in [5.74, 6) is -1.39. The van der Waals surface area contributed by atoms with Crippen molar-refractivity contribution in [2.75, 3.05) is 14.2 Å². The number of rotatable bonds is 9. The van der Waals surface area contributed by atoms with E-state index in [1.165, 1.54) is 39.3 Å². The summed E-state index contributed by atoms with van der Waals surface area (Å²) >= 11 is 0. The molecule has 0 saturated heterocycles. The van der Waals surface area contributed by atoms with Gasteiger partial charge in [-0.25, -0.2) is 8.42 Å². The van der Waals surface area contributed by atoms with Crippen molar-refractivity contribution in [2.45, 2.75) is 43.3 Å². The predicted octanol–water partition coefficient (Wildman–Crippen LogP) is 2.76. The summed E-state index contributed by atoms with van der Waals surface area (Å²) in [6.07, 6.45) is 1.75. The maximum absolute atomic E-state index is 12.9. The van der Waals surface area contributed by atoms with Crippen molar-refractivity contribution >= 4 is 15.8 Å². The third-order valence-corrected chi connectivity index (χ3v) is 6.22. The SMILES string of the molecule is CCCC[C@@H]([C@@H](C)C(=O)O)S(=O)(=O)c1ccc(OC)c(OC)c1. The molecule has 2 atom stereocenters. The Hall–Kier alpha value is -1.76. The van der Waals surface area contributed by atoms with Crippen LogP contribution in [0.15, 0.2) is 23.1 Å². The van der Waals surface area contributed by atoms with Gasteiger partial charge in [-0.2, -0.15) is 0 Å². The van der Waals surface area contributed by atoms with Gasteiger partial charge in [-0.1, -0.05) is 26.7 Å². The number of methoxy groups -OCH3 is 2. The highest BCUT2D eigenvalue weighted by Crippen LogP contribution is 2.33. The zero-order chi connectivity index (χ0) is 17.6. The molecule has 0 aliphatic heterocycles. The van der Waals surface area contributed by atoms with E-state index in [0.29, 0.717) is 24.3 Å². The fraction of sp³-hybridized carbons (Fsp3) is 0.562. The Bertz CT molecular complexity index is 638. The van der Waals surface area contributed by atoms with Gasteiger partial charge in [0.1, 0.15) is 0 Å². The number of aliphatic carboxylic acids is 1. The highest BCUT2D eigenvalue weighted by atomic mass is 32.2. The van der Waals surface area contributed by atoms with Gasteiger partial charge in [-0.05, 0) is 18.6 Å². The largest absolute Gasteiger partial charge is 0.493 e. The van der Waals surface area contributed by atoms with Crippen LogP contribution in [0.2, 0.25) is 0 Å². The van der Waals surface area contributed by atoms with E-state index in [-0.39, 0.29) is 4.90 Å². The van der Waals surface area contributed by atoms with Crippen LogP contribution in [0.3, 0.4) is 0 Å². The van der Waals surface area contributed by atoms with E-state index in [4.69, 9.17) is 9.47 Å². The summed E-state index contributed by atoms with van der Waals surface area (Å²) in [5, 5.41) is 8.26. The summed E-state index contributed by atoms with van der Waals surface area (Å²) in [5.41, 5.74) is 0. The average molecular weight is 344 g/mol. The van der Waals surface area contributed by atoms with Crippen LogP contribution in [-0.2, 0) is 14.6 Å². The number of carbonyl (C=O) groups is 1. The van der Waals surface area contributed by atoms with Crippen LogP contribution in [-0.4, -0.2) is 39.0 Å². The second-order valence-electron chi connectivity index (χ2n) is 5.37. The van der Waals surface area contributed by atoms with Crippen LogP contribution in [0.25, 0.3) is 0 Å². The predicted molar refractivity (Wildman–Crippen MR) is 86.8 cm³/mol. The molecule has 23 heavy (non-hydrogen) atoms.